The molecule has 0 atom stereocenters. The van der Waals surface area contributed by atoms with Gasteiger partial charge < -0.3 is 0 Å². The molecule has 0 saturated carbocycles. The van der Waals surface area contributed by atoms with Crippen LogP contribution in [0.25, 0.3) is 66.1 Å². The second-order valence-electron chi connectivity index (χ2n) is 13.7. The van der Waals surface area contributed by atoms with Gasteiger partial charge in [-0.1, -0.05) is 194 Å². The van der Waals surface area contributed by atoms with Gasteiger partial charge >= 0.3 is 0 Å². The molecule has 0 amide bonds. The van der Waals surface area contributed by atoms with E-state index >= 15 is 0 Å². The van der Waals surface area contributed by atoms with Crippen LogP contribution < -0.4 is 0 Å². The molecule has 244 valence electrons. The van der Waals surface area contributed by atoms with E-state index in [-0.39, 0.29) is 0 Å². The van der Waals surface area contributed by atoms with Crippen molar-refractivity contribution >= 4 is 33.1 Å². The number of hydrogen-bond donors (Lipinski definition) is 0. The van der Waals surface area contributed by atoms with Gasteiger partial charge in [-0.2, -0.15) is 0 Å². The van der Waals surface area contributed by atoms with Crippen LogP contribution in [0.4, 0.5) is 0 Å². The molecule has 0 aliphatic heterocycles. The third-order valence-corrected chi connectivity index (χ3v) is 11.3. The third-order valence-electron chi connectivity index (χ3n) is 11.0. The highest BCUT2D eigenvalue weighted by Crippen LogP contribution is 2.58. The van der Waals surface area contributed by atoms with Gasteiger partial charge in [0.15, 0.2) is 0 Å². The SMILES string of the molecule is Clc1ccc2c(c1)C(c1ccccc1)(c1ccccc1)c1ccc3c(-c4ccc(-c5ccccc5)c5cc(-c6ccccc6)ccc45)cccc3c1-2. The molecular formula is C51H33Cl. The Morgan fingerprint density at radius 2 is 0.865 bits per heavy atom. The monoisotopic (exact) mass is 680 g/mol. The lowest BCUT2D eigenvalue weighted by Gasteiger charge is -2.34. The van der Waals surface area contributed by atoms with Gasteiger partial charge in [-0.3, -0.25) is 0 Å². The standard InChI is InChI=1S/C51H33Cl/c52-39-25-27-46-49(33-39)51(37-18-9-3-10-19-37,38-20-11-4-12-21-38)48-31-30-43-41(22-13-23-45(43)50(46)48)42-29-28-40(35-16-7-2-8-17-35)47-32-36(24-26-44(42)47)34-14-5-1-6-15-34/h1-33H. The molecule has 0 nitrogen and oxygen atoms in total. The first kappa shape index (κ1) is 30.6. The fourth-order valence-electron chi connectivity index (χ4n) is 8.81. The maximum atomic E-state index is 6.85. The topological polar surface area (TPSA) is 0 Å². The van der Waals surface area contributed by atoms with E-state index in [9.17, 15) is 0 Å². The molecule has 0 aromatic heterocycles. The van der Waals surface area contributed by atoms with Gasteiger partial charge in [0, 0.05) is 5.02 Å². The minimum absolute atomic E-state index is 0.514. The molecule has 52 heavy (non-hydrogen) atoms. The van der Waals surface area contributed by atoms with Gasteiger partial charge in [0.2, 0.25) is 0 Å². The summed E-state index contributed by atoms with van der Waals surface area (Å²) in [6.07, 6.45) is 0. The van der Waals surface area contributed by atoms with Crippen molar-refractivity contribution in [1.82, 2.24) is 0 Å². The van der Waals surface area contributed by atoms with E-state index in [0.29, 0.717) is 0 Å². The Morgan fingerprint density at radius 1 is 0.308 bits per heavy atom. The largest absolute Gasteiger partial charge is 0.0843 e. The van der Waals surface area contributed by atoms with Crippen LogP contribution in [0.1, 0.15) is 22.3 Å². The van der Waals surface area contributed by atoms with E-state index in [4.69, 9.17) is 11.6 Å². The quantitative estimate of drug-likeness (QED) is 0.170. The summed E-state index contributed by atoms with van der Waals surface area (Å²) in [6.45, 7) is 0. The Morgan fingerprint density at radius 3 is 1.56 bits per heavy atom. The van der Waals surface area contributed by atoms with Gasteiger partial charge in [0.25, 0.3) is 0 Å². The average Bonchev–Trinajstić information content (AvgIpc) is 3.52. The zero-order chi connectivity index (χ0) is 34.6. The van der Waals surface area contributed by atoms with Crippen molar-refractivity contribution in [2.45, 2.75) is 5.41 Å². The van der Waals surface area contributed by atoms with E-state index in [1.54, 1.807) is 0 Å². The van der Waals surface area contributed by atoms with Crippen LogP contribution in [0.15, 0.2) is 200 Å². The van der Waals surface area contributed by atoms with Crippen molar-refractivity contribution in [3.05, 3.63) is 227 Å². The smallest absolute Gasteiger partial charge is 0.0714 e. The first-order chi connectivity index (χ1) is 25.7. The summed E-state index contributed by atoms with van der Waals surface area (Å²) in [5, 5.41) is 5.71. The highest BCUT2D eigenvalue weighted by molar-refractivity contribution is 6.31. The Bertz CT molecular complexity index is 2730. The van der Waals surface area contributed by atoms with Crippen LogP contribution in [0.2, 0.25) is 5.02 Å². The second-order valence-corrected chi connectivity index (χ2v) is 14.2. The fourth-order valence-corrected chi connectivity index (χ4v) is 8.98. The van der Waals surface area contributed by atoms with Crippen LogP contribution in [-0.4, -0.2) is 0 Å². The molecule has 0 saturated heterocycles. The van der Waals surface area contributed by atoms with Gasteiger partial charge in [-0.25, -0.2) is 0 Å². The lowest BCUT2D eigenvalue weighted by Crippen LogP contribution is -2.28. The summed E-state index contributed by atoms with van der Waals surface area (Å²) in [5.74, 6) is 0. The first-order valence-electron chi connectivity index (χ1n) is 17.9. The molecule has 9 aromatic carbocycles. The Kier molecular flexibility index (Phi) is 7.20. The molecule has 0 N–H and O–H groups in total. The number of hydrogen-bond acceptors (Lipinski definition) is 0. The van der Waals surface area contributed by atoms with E-state index in [0.717, 1.165) is 5.02 Å². The maximum Gasteiger partial charge on any atom is 0.0714 e. The van der Waals surface area contributed by atoms with Crippen LogP contribution >= 0.6 is 11.6 Å². The summed E-state index contributed by atoms with van der Waals surface area (Å²) >= 11 is 6.85. The number of rotatable bonds is 5. The molecule has 1 aliphatic carbocycles. The molecule has 9 aromatic rings. The van der Waals surface area contributed by atoms with Crippen LogP contribution in [0.3, 0.4) is 0 Å². The molecule has 0 spiro atoms. The fraction of sp³-hybridized carbons (Fsp3) is 0.0196. The van der Waals surface area contributed by atoms with Crippen molar-refractivity contribution < 1.29 is 0 Å². The summed E-state index contributed by atoms with van der Waals surface area (Å²) in [6, 6.07) is 72.8. The molecule has 1 aliphatic rings. The van der Waals surface area contributed by atoms with Crippen molar-refractivity contribution in [3.8, 4) is 44.5 Å². The van der Waals surface area contributed by atoms with E-state index in [1.807, 2.05) is 6.07 Å². The van der Waals surface area contributed by atoms with Crippen molar-refractivity contribution in [2.75, 3.05) is 0 Å². The van der Waals surface area contributed by atoms with Crippen LogP contribution in [0, 0.1) is 0 Å². The van der Waals surface area contributed by atoms with Crippen LogP contribution in [0.5, 0.6) is 0 Å². The van der Waals surface area contributed by atoms with Gasteiger partial charge in [-0.15, -0.1) is 0 Å². The van der Waals surface area contributed by atoms with Gasteiger partial charge in [0.1, 0.15) is 0 Å². The Labute approximate surface area is 309 Å². The molecule has 0 fully saturated rings. The molecule has 1 heteroatoms. The minimum Gasteiger partial charge on any atom is -0.0843 e. The lowest BCUT2D eigenvalue weighted by atomic mass is 9.67. The second kappa shape index (κ2) is 12.2. The predicted octanol–water partition coefficient (Wildman–Crippen LogP) is 14.0. The maximum absolute atomic E-state index is 6.85. The summed E-state index contributed by atoms with van der Waals surface area (Å²) in [5.41, 5.74) is 14.3. The zero-order valence-corrected chi connectivity index (χ0v) is 29.2. The van der Waals surface area contributed by atoms with Crippen molar-refractivity contribution in [3.63, 3.8) is 0 Å². The molecule has 0 unspecified atom stereocenters. The molecule has 0 bridgehead atoms. The predicted molar refractivity (Wildman–Crippen MR) is 220 cm³/mol. The lowest BCUT2D eigenvalue weighted by molar-refractivity contribution is 0.769. The Balaban J connectivity index is 1.26. The molecular weight excluding hydrogens is 648 g/mol. The number of fused-ring (bicyclic) bond motifs is 6. The number of benzene rings is 9. The van der Waals surface area contributed by atoms with Crippen molar-refractivity contribution in [2.24, 2.45) is 0 Å². The van der Waals surface area contributed by atoms with Gasteiger partial charge in [-0.05, 0) is 107 Å². The third kappa shape index (κ3) is 4.62. The van der Waals surface area contributed by atoms with Crippen molar-refractivity contribution in [1.29, 1.82) is 0 Å². The summed E-state index contributed by atoms with van der Waals surface area (Å²) < 4.78 is 0. The molecule has 10 rings (SSSR count). The summed E-state index contributed by atoms with van der Waals surface area (Å²) in [7, 11) is 0. The normalized spacial score (nSPS) is 12.9. The van der Waals surface area contributed by atoms with Crippen LogP contribution in [-0.2, 0) is 5.41 Å². The summed E-state index contributed by atoms with van der Waals surface area (Å²) in [4.78, 5) is 0. The highest BCUT2D eigenvalue weighted by Gasteiger charge is 2.46. The minimum atomic E-state index is -0.514. The van der Waals surface area contributed by atoms with E-state index in [1.165, 1.54) is 88.3 Å². The molecule has 0 heterocycles. The zero-order valence-electron chi connectivity index (χ0n) is 28.4. The highest BCUT2D eigenvalue weighted by atomic mass is 35.5. The van der Waals surface area contributed by atoms with E-state index < -0.39 is 5.41 Å². The average molecular weight is 681 g/mol. The van der Waals surface area contributed by atoms with E-state index in [2.05, 4.69) is 194 Å². The Hall–Kier alpha value is -6.21. The molecule has 0 radical (unpaired) electrons. The van der Waals surface area contributed by atoms with Gasteiger partial charge in [0.05, 0.1) is 5.41 Å². The number of halogens is 1. The first-order valence-corrected chi connectivity index (χ1v) is 18.3.